The fourth-order valence-electron chi connectivity index (χ4n) is 0.879. The second-order valence-electron chi connectivity index (χ2n) is 3.51. The Balaban J connectivity index is 2.82. The summed E-state index contributed by atoms with van der Waals surface area (Å²) in [5, 5.41) is 13.0. The molecule has 6 heteroatoms. The minimum Gasteiger partial charge on any atom is -0.407 e. The van der Waals surface area contributed by atoms with Crippen LogP contribution in [0.1, 0.15) is 13.8 Å². The summed E-state index contributed by atoms with van der Waals surface area (Å²) in [7, 11) is 0. The second-order valence-corrected chi connectivity index (χ2v) is 3.51. The van der Waals surface area contributed by atoms with Gasteiger partial charge in [-0.15, -0.1) is 0 Å². The number of aliphatic hydroxyl groups is 1. The Bertz CT molecular complexity index is 332. The predicted molar refractivity (Wildman–Crippen MR) is 48.8 cm³/mol. The van der Waals surface area contributed by atoms with E-state index in [0.717, 1.165) is 0 Å². The van der Waals surface area contributed by atoms with Crippen LogP contribution < -0.4 is 10.5 Å². The molecule has 3 N–H and O–H groups in total. The Hall–Kier alpha value is -1.56. The van der Waals surface area contributed by atoms with Crippen LogP contribution in [-0.4, -0.2) is 27.6 Å². The zero-order valence-corrected chi connectivity index (χ0v) is 8.10. The van der Waals surface area contributed by atoms with Crippen LogP contribution in [0.3, 0.4) is 0 Å². The van der Waals surface area contributed by atoms with E-state index in [0.29, 0.717) is 0 Å². The Morgan fingerprint density at radius 2 is 2.43 bits per heavy atom. The van der Waals surface area contributed by atoms with Gasteiger partial charge in [0.1, 0.15) is 0 Å². The minimum atomic E-state index is -0.883. The first-order valence-electron chi connectivity index (χ1n) is 4.09. The van der Waals surface area contributed by atoms with Crippen LogP contribution in [-0.2, 0) is 5.54 Å². The van der Waals surface area contributed by atoms with Crippen LogP contribution in [0, 0.1) is 0 Å². The van der Waals surface area contributed by atoms with Crippen molar-refractivity contribution in [1.82, 2.24) is 9.78 Å². The lowest BCUT2D eigenvalue weighted by Gasteiger charge is -2.21. The quantitative estimate of drug-likeness (QED) is 0.720. The largest absolute Gasteiger partial charge is 0.410 e. The van der Waals surface area contributed by atoms with Crippen LogP contribution in [0.15, 0.2) is 12.4 Å². The lowest BCUT2D eigenvalue weighted by atomic mass is 10.1. The summed E-state index contributed by atoms with van der Waals surface area (Å²) in [6.45, 7) is 3.53. The molecule has 0 fully saturated rings. The molecule has 0 aromatic carbocycles. The maximum Gasteiger partial charge on any atom is 0.410 e. The van der Waals surface area contributed by atoms with Gasteiger partial charge < -0.3 is 15.6 Å². The number of carbonyl (C=O) groups excluding carboxylic acids is 1. The Morgan fingerprint density at radius 1 is 1.79 bits per heavy atom. The molecule has 0 aliphatic heterocycles. The highest BCUT2D eigenvalue weighted by Gasteiger charge is 2.20. The fraction of sp³-hybridized carbons (Fsp3) is 0.500. The van der Waals surface area contributed by atoms with E-state index in [2.05, 4.69) is 9.84 Å². The summed E-state index contributed by atoms with van der Waals surface area (Å²) < 4.78 is 6.11. The molecule has 0 aliphatic carbocycles. The van der Waals surface area contributed by atoms with Crippen molar-refractivity contribution in [3.63, 3.8) is 0 Å². The Labute approximate surface area is 81.3 Å². The van der Waals surface area contributed by atoms with Crippen LogP contribution >= 0.6 is 0 Å². The van der Waals surface area contributed by atoms with E-state index in [-0.39, 0.29) is 12.4 Å². The minimum absolute atomic E-state index is 0.0648. The van der Waals surface area contributed by atoms with Gasteiger partial charge in [-0.25, -0.2) is 4.79 Å². The predicted octanol–water partition coefficient (Wildman–Crippen LogP) is 0.0680. The summed E-state index contributed by atoms with van der Waals surface area (Å²) in [6.07, 6.45) is 1.98. The van der Waals surface area contributed by atoms with E-state index in [4.69, 9.17) is 10.8 Å². The smallest absolute Gasteiger partial charge is 0.407 e. The first kappa shape index (κ1) is 10.5. The van der Waals surface area contributed by atoms with Crippen molar-refractivity contribution in [3.05, 3.63) is 12.4 Å². The van der Waals surface area contributed by atoms with E-state index in [1.807, 2.05) is 0 Å². The van der Waals surface area contributed by atoms with Crippen molar-refractivity contribution in [2.24, 2.45) is 5.73 Å². The normalized spacial score (nSPS) is 11.4. The molecule has 78 valence electrons. The topological polar surface area (TPSA) is 90.4 Å². The average molecular weight is 199 g/mol. The summed E-state index contributed by atoms with van der Waals surface area (Å²) in [4.78, 5) is 10.4. The van der Waals surface area contributed by atoms with Gasteiger partial charge in [-0.1, -0.05) is 0 Å². The number of nitrogens with two attached hydrogens (primary N) is 1. The zero-order valence-electron chi connectivity index (χ0n) is 8.10. The van der Waals surface area contributed by atoms with Crippen LogP contribution in [0.2, 0.25) is 0 Å². The number of nitrogens with zero attached hydrogens (tertiary/aromatic N) is 2. The van der Waals surface area contributed by atoms with Crippen LogP contribution in [0.5, 0.6) is 5.75 Å². The van der Waals surface area contributed by atoms with E-state index >= 15 is 0 Å². The molecular formula is C8H13N3O3. The molecule has 0 saturated heterocycles. The lowest BCUT2D eigenvalue weighted by Crippen LogP contribution is -2.30. The van der Waals surface area contributed by atoms with Crippen molar-refractivity contribution in [2.75, 3.05) is 6.61 Å². The molecule has 1 rings (SSSR count). The maximum atomic E-state index is 10.4. The molecule has 0 bridgehead atoms. The average Bonchev–Trinajstić information content (AvgIpc) is 2.52. The van der Waals surface area contributed by atoms with Crippen molar-refractivity contribution in [3.8, 4) is 5.75 Å². The van der Waals surface area contributed by atoms with Gasteiger partial charge >= 0.3 is 6.09 Å². The number of aliphatic hydroxyl groups excluding tert-OH is 1. The third-order valence-corrected chi connectivity index (χ3v) is 1.78. The van der Waals surface area contributed by atoms with E-state index in [1.165, 1.54) is 17.1 Å². The molecule has 6 nitrogen and oxygen atoms in total. The Kier molecular flexibility index (Phi) is 2.76. The number of carbonyl (C=O) groups is 1. The molecule has 1 aromatic rings. The summed E-state index contributed by atoms with van der Waals surface area (Å²) in [5.74, 6) is 0.263. The number of hydrogen-bond donors (Lipinski definition) is 2. The molecule has 0 saturated carbocycles. The van der Waals surface area contributed by atoms with E-state index in [1.54, 1.807) is 13.8 Å². The summed E-state index contributed by atoms with van der Waals surface area (Å²) in [6, 6.07) is 0. The van der Waals surface area contributed by atoms with Gasteiger partial charge in [0.15, 0.2) is 5.75 Å². The first-order chi connectivity index (χ1) is 6.45. The SMILES string of the molecule is CC(C)(CO)n1cc(OC(N)=O)cn1. The molecule has 0 unspecified atom stereocenters. The number of ether oxygens (including phenoxy) is 1. The number of hydrogen-bond acceptors (Lipinski definition) is 4. The lowest BCUT2D eigenvalue weighted by molar-refractivity contribution is 0.152. The van der Waals surface area contributed by atoms with Gasteiger partial charge in [0.05, 0.1) is 24.5 Å². The third-order valence-electron chi connectivity index (χ3n) is 1.78. The second kappa shape index (κ2) is 3.67. The van der Waals surface area contributed by atoms with Gasteiger partial charge in [-0.2, -0.15) is 5.10 Å². The van der Waals surface area contributed by atoms with Crippen molar-refractivity contribution >= 4 is 6.09 Å². The number of rotatable bonds is 3. The molecule has 1 amide bonds. The van der Waals surface area contributed by atoms with Gasteiger partial charge in [-0.3, -0.25) is 4.68 Å². The van der Waals surface area contributed by atoms with Gasteiger partial charge in [0, 0.05) is 0 Å². The number of aromatic nitrogens is 2. The number of amides is 1. The molecule has 0 aliphatic rings. The van der Waals surface area contributed by atoms with Crippen LogP contribution in [0.4, 0.5) is 4.79 Å². The molecule has 0 radical (unpaired) electrons. The third kappa shape index (κ3) is 2.23. The van der Waals surface area contributed by atoms with Gasteiger partial charge in [0.25, 0.3) is 0 Å². The van der Waals surface area contributed by atoms with E-state index in [9.17, 15) is 4.79 Å². The standard InChI is InChI=1S/C8H13N3O3/c1-8(2,5-12)11-4-6(3-10-11)14-7(9)13/h3-4,12H,5H2,1-2H3,(H2,9,13). The van der Waals surface area contributed by atoms with Crippen LogP contribution in [0.25, 0.3) is 0 Å². The monoisotopic (exact) mass is 199 g/mol. The highest BCUT2D eigenvalue weighted by atomic mass is 16.5. The molecule has 0 atom stereocenters. The van der Waals surface area contributed by atoms with Gasteiger partial charge in [0.2, 0.25) is 0 Å². The van der Waals surface area contributed by atoms with E-state index < -0.39 is 11.6 Å². The number of primary amides is 1. The highest BCUT2D eigenvalue weighted by molar-refractivity contribution is 5.67. The Morgan fingerprint density at radius 3 is 2.93 bits per heavy atom. The molecule has 1 heterocycles. The van der Waals surface area contributed by atoms with Crippen molar-refractivity contribution in [1.29, 1.82) is 0 Å². The maximum absolute atomic E-state index is 10.4. The molecule has 1 aromatic heterocycles. The molecule has 14 heavy (non-hydrogen) atoms. The summed E-state index contributed by atoms with van der Waals surface area (Å²) >= 11 is 0. The first-order valence-corrected chi connectivity index (χ1v) is 4.09. The molecule has 0 spiro atoms. The highest BCUT2D eigenvalue weighted by Crippen LogP contribution is 2.17. The summed E-state index contributed by atoms with van der Waals surface area (Å²) in [5.41, 5.74) is 4.30. The fourth-order valence-corrected chi connectivity index (χ4v) is 0.879. The van der Waals surface area contributed by atoms with Gasteiger partial charge in [-0.05, 0) is 13.8 Å². The zero-order chi connectivity index (χ0) is 10.8. The van der Waals surface area contributed by atoms with Crippen molar-refractivity contribution < 1.29 is 14.6 Å². The van der Waals surface area contributed by atoms with Crippen molar-refractivity contribution in [2.45, 2.75) is 19.4 Å². The molecular weight excluding hydrogens is 186 g/mol.